The van der Waals surface area contributed by atoms with E-state index in [-0.39, 0.29) is 5.41 Å². The van der Waals surface area contributed by atoms with Crippen molar-refractivity contribution in [1.82, 2.24) is 5.32 Å². The minimum Gasteiger partial charge on any atom is -0.398 e. The Hall–Kier alpha value is -6.90. The smallest absolute Gasteiger partial charge is 0.0688 e. The fourth-order valence-corrected chi connectivity index (χ4v) is 10.2. The largest absolute Gasteiger partial charge is 0.398 e. The van der Waals surface area contributed by atoms with Crippen molar-refractivity contribution in [3.8, 4) is 33.4 Å². The molecule has 1 heterocycles. The van der Waals surface area contributed by atoms with Crippen molar-refractivity contribution in [1.29, 1.82) is 0 Å². The number of nitrogens with two attached hydrogens (primary N) is 1. The second-order valence-electron chi connectivity index (χ2n) is 15.6. The summed E-state index contributed by atoms with van der Waals surface area (Å²) >= 11 is 0. The highest BCUT2D eigenvalue weighted by Crippen LogP contribution is 2.63. The SMILES string of the molecule is Nc1ccccc1/C(=C\CC1=CC=CCN1)c1ccc(-c2ccc(-c3ccc4c(c3)C3(C5=C4C=CCC5)c4ccccc4-c4ccccc43)c3ccccc23)cc1. The Bertz CT molecular complexity index is 2890. The van der Waals surface area contributed by atoms with Crippen molar-refractivity contribution < 1.29 is 0 Å². The number of nitrogen functional groups attached to an aromatic ring is 1. The summed E-state index contributed by atoms with van der Waals surface area (Å²) in [6, 6.07) is 56.3. The van der Waals surface area contributed by atoms with E-state index < -0.39 is 0 Å². The van der Waals surface area contributed by atoms with Crippen LogP contribution in [-0.2, 0) is 5.41 Å². The zero-order valence-electron chi connectivity index (χ0n) is 31.8. The molecule has 1 aliphatic heterocycles. The summed E-state index contributed by atoms with van der Waals surface area (Å²) in [5.41, 5.74) is 27.8. The van der Waals surface area contributed by atoms with Gasteiger partial charge in [-0.25, -0.2) is 0 Å². The van der Waals surface area contributed by atoms with Crippen LogP contribution in [0, 0.1) is 0 Å². The predicted molar refractivity (Wildman–Crippen MR) is 240 cm³/mol. The molecule has 272 valence electrons. The maximum Gasteiger partial charge on any atom is 0.0688 e. The third kappa shape index (κ3) is 5.17. The lowest BCUT2D eigenvalue weighted by Gasteiger charge is -2.33. The predicted octanol–water partition coefficient (Wildman–Crippen LogP) is 13.1. The molecule has 57 heavy (non-hydrogen) atoms. The van der Waals surface area contributed by atoms with Crippen LogP contribution in [0.4, 0.5) is 5.69 Å². The second-order valence-corrected chi connectivity index (χ2v) is 15.6. The van der Waals surface area contributed by atoms with Gasteiger partial charge in [-0.3, -0.25) is 0 Å². The van der Waals surface area contributed by atoms with Crippen molar-refractivity contribution in [2.45, 2.75) is 24.7 Å². The number of hydrogen-bond acceptors (Lipinski definition) is 2. The van der Waals surface area contributed by atoms with Gasteiger partial charge in [-0.05, 0) is 120 Å². The highest BCUT2D eigenvalue weighted by atomic mass is 14.9. The topological polar surface area (TPSA) is 38.0 Å². The zero-order valence-corrected chi connectivity index (χ0v) is 31.8. The number of dihydropyridines is 1. The molecule has 0 bridgehead atoms. The van der Waals surface area contributed by atoms with Crippen LogP contribution in [0.3, 0.4) is 0 Å². The van der Waals surface area contributed by atoms with Crippen LogP contribution in [0.25, 0.3) is 55.3 Å². The van der Waals surface area contributed by atoms with Crippen LogP contribution in [0.5, 0.6) is 0 Å². The number of para-hydroxylation sites is 1. The van der Waals surface area contributed by atoms with Gasteiger partial charge < -0.3 is 11.1 Å². The fraction of sp³-hybridized carbons (Fsp3) is 0.0909. The number of rotatable bonds is 6. The van der Waals surface area contributed by atoms with Crippen molar-refractivity contribution in [3.05, 3.63) is 233 Å². The lowest BCUT2D eigenvalue weighted by molar-refractivity contribution is 0.714. The van der Waals surface area contributed by atoms with Crippen molar-refractivity contribution in [2.24, 2.45) is 0 Å². The number of allylic oxidation sites excluding steroid dienone is 7. The van der Waals surface area contributed by atoms with E-state index in [1.54, 1.807) is 5.57 Å². The summed E-state index contributed by atoms with van der Waals surface area (Å²) in [6.45, 7) is 0.858. The molecular weight excluding hydrogens is 689 g/mol. The van der Waals surface area contributed by atoms with Gasteiger partial charge in [0.2, 0.25) is 0 Å². The number of nitrogens with one attached hydrogen (secondary N) is 1. The summed E-state index contributed by atoms with van der Waals surface area (Å²) < 4.78 is 0. The molecule has 7 aromatic rings. The molecular formula is C55H42N2. The van der Waals surface area contributed by atoms with E-state index in [0.717, 1.165) is 48.2 Å². The van der Waals surface area contributed by atoms with Crippen LogP contribution in [0.15, 0.2) is 199 Å². The first-order chi connectivity index (χ1) is 28.2. The van der Waals surface area contributed by atoms with Crippen molar-refractivity contribution in [3.63, 3.8) is 0 Å². The maximum atomic E-state index is 6.56. The molecule has 0 fully saturated rings. The standard InChI is InChI=1S/C55H42N2/c56-54-23-10-6-19-49(54)41(31-29-39-13-11-12-34-57-39)37-26-24-36(25-27-37)40-32-33-42(44-15-2-1-14-43(40)44)38-28-30-48-47-18-5-9-22-52(47)55(53(48)35-38)50-20-7-3-16-45(50)46-17-4-8-21-51(46)55/h1-8,10-21,23-28,30-33,35,57H,9,22,29,34,56H2/b41-31-. The van der Waals surface area contributed by atoms with E-state index >= 15 is 0 Å². The van der Waals surface area contributed by atoms with E-state index in [4.69, 9.17) is 5.73 Å². The summed E-state index contributed by atoms with van der Waals surface area (Å²) in [4.78, 5) is 0. The average Bonchev–Trinajstić information content (AvgIpc) is 3.74. The van der Waals surface area contributed by atoms with E-state index in [0.29, 0.717) is 0 Å². The molecule has 0 radical (unpaired) electrons. The molecule has 0 saturated carbocycles. The third-order valence-electron chi connectivity index (χ3n) is 12.7. The Kier molecular flexibility index (Phi) is 7.86. The number of fused-ring (bicyclic) bond motifs is 10. The molecule has 2 heteroatoms. The first-order valence-electron chi connectivity index (χ1n) is 20.2. The van der Waals surface area contributed by atoms with Crippen molar-refractivity contribution in [2.75, 3.05) is 12.3 Å². The molecule has 0 amide bonds. The molecule has 4 aliphatic rings. The Morgan fingerprint density at radius 1 is 0.614 bits per heavy atom. The van der Waals surface area contributed by atoms with Crippen LogP contribution in [0.1, 0.15) is 52.6 Å². The zero-order chi connectivity index (χ0) is 37.9. The number of anilines is 1. The van der Waals surface area contributed by atoms with Crippen LogP contribution >= 0.6 is 0 Å². The van der Waals surface area contributed by atoms with Gasteiger partial charge >= 0.3 is 0 Å². The van der Waals surface area contributed by atoms with Gasteiger partial charge in [0.25, 0.3) is 0 Å². The normalized spacial score (nSPS) is 15.9. The molecule has 3 N–H and O–H groups in total. The molecule has 1 spiro atoms. The lowest BCUT2D eigenvalue weighted by atomic mass is 9.68. The first kappa shape index (κ1) is 33.4. The minimum absolute atomic E-state index is 0.283. The maximum absolute atomic E-state index is 6.56. The molecule has 0 saturated heterocycles. The molecule has 0 atom stereocenters. The first-order valence-corrected chi connectivity index (χ1v) is 20.2. The highest BCUT2D eigenvalue weighted by Gasteiger charge is 2.52. The van der Waals surface area contributed by atoms with Gasteiger partial charge in [0.1, 0.15) is 0 Å². The van der Waals surface area contributed by atoms with Gasteiger partial charge in [0, 0.05) is 29.9 Å². The Labute approximate surface area is 334 Å². The number of hydrogen-bond donors (Lipinski definition) is 2. The van der Waals surface area contributed by atoms with Gasteiger partial charge in [0.05, 0.1) is 5.41 Å². The Morgan fingerprint density at radius 3 is 1.98 bits per heavy atom. The van der Waals surface area contributed by atoms with E-state index in [1.807, 2.05) is 12.1 Å². The monoisotopic (exact) mass is 730 g/mol. The molecule has 0 aromatic heterocycles. The summed E-state index contributed by atoms with van der Waals surface area (Å²) in [5, 5.41) is 6.01. The summed E-state index contributed by atoms with van der Waals surface area (Å²) in [7, 11) is 0. The second kappa shape index (κ2) is 13.4. The Morgan fingerprint density at radius 2 is 1.26 bits per heavy atom. The van der Waals surface area contributed by atoms with Gasteiger partial charge in [-0.15, -0.1) is 0 Å². The highest BCUT2D eigenvalue weighted by molar-refractivity contribution is 6.06. The van der Waals surface area contributed by atoms with Crippen LogP contribution in [0.2, 0.25) is 0 Å². The van der Waals surface area contributed by atoms with Crippen LogP contribution < -0.4 is 11.1 Å². The average molecular weight is 731 g/mol. The quantitative estimate of drug-likeness (QED) is 0.167. The molecule has 2 nitrogen and oxygen atoms in total. The van der Waals surface area contributed by atoms with E-state index in [1.165, 1.54) is 77.7 Å². The lowest BCUT2D eigenvalue weighted by Crippen LogP contribution is -2.27. The van der Waals surface area contributed by atoms with Crippen molar-refractivity contribution >= 4 is 27.6 Å². The molecule has 0 unspecified atom stereocenters. The van der Waals surface area contributed by atoms with E-state index in [9.17, 15) is 0 Å². The Balaban J connectivity index is 1.01. The van der Waals surface area contributed by atoms with E-state index in [2.05, 4.69) is 181 Å². The minimum atomic E-state index is -0.283. The van der Waals surface area contributed by atoms with Gasteiger partial charge in [-0.2, -0.15) is 0 Å². The molecule has 11 rings (SSSR count). The van der Waals surface area contributed by atoms with Gasteiger partial charge in [0.15, 0.2) is 0 Å². The van der Waals surface area contributed by atoms with Gasteiger partial charge in [-0.1, -0.05) is 170 Å². The molecule has 7 aromatic carbocycles. The van der Waals surface area contributed by atoms with Crippen LogP contribution in [-0.4, -0.2) is 6.54 Å². The molecule has 3 aliphatic carbocycles. The summed E-state index contributed by atoms with van der Waals surface area (Å²) in [6.07, 6.45) is 16.4. The third-order valence-corrected chi connectivity index (χ3v) is 12.7. The number of benzene rings is 7. The summed E-state index contributed by atoms with van der Waals surface area (Å²) in [5.74, 6) is 0. The fourth-order valence-electron chi connectivity index (χ4n) is 10.2.